The fourth-order valence-corrected chi connectivity index (χ4v) is 4.60. The molecular weight excluding hydrogens is 476 g/mol. The van der Waals surface area contributed by atoms with E-state index in [1.165, 1.54) is 0 Å². The summed E-state index contributed by atoms with van der Waals surface area (Å²) in [6.45, 7) is 17.6. The van der Waals surface area contributed by atoms with Crippen molar-refractivity contribution in [3.05, 3.63) is 28.9 Å². The maximum Gasteiger partial charge on any atom is 0.222 e. The van der Waals surface area contributed by atoms with Crippen molar-refractivity contribution < 1.29 is 19.4 Å². The second-order valence-corrected chi connectivity index (χ2v) is 11.4. The number of ether oxygens (including phenoxy) is 1. The normalized spacial score (nSPS) is 19.4. The quantitative estimate of drug-likeness (QED) is 0.214. The van der Waals surface area contributed by atoms with Crippen molar-refractivity contribution in [2.75, 3.05) is 13.2 Å². The summed E-state index contributed by atoms with van der Waals surface area (Å²) in [5.74, 6) is 2.35. The third kappa shape index (κ3) is 10.5. The van der Waals surface area contributed by atoms with E-state index in [-0.39, 0.29) is 35.6 Å². The van der Waals surface area contributed by atoms with E-state index in [9.17, 15) is 14.7 Å². The number of hydrogen-bond donors (Lipinski definition) is 3. The standard InChI is InChI=1S/C29H50N2O4.ClH/c1-9-11-14-31-28(34)20(5)15-26(33)25(30)17-22(19(3)4)16-21-12-13-24(29(6,7)8)23(18-32)27(21)35-10-2;/h12-13,19-20,22,25-27,33H,9-11,14-17,30H2,1-8H3,(H,31,34);1H/t20-,22+,25+,26+,27+;/m1./s1. The summed E-state index contributed by atoms with van der Waals surface area (Å²) in [5, 5.41) is 13.7. The van der Waals surface area contributed by atoms with Crippen LogP contribution in [0.5, 0.6) is 0 Å². The van der Waals surface area contributed by atoms with Crippen LogP contribution in [-0.4, -0.2) is 48.4 Å². The number of aliphatic hydroxyl groups excluding tert-OH is 1. The van der Waals surface area contributed by atoms with Gasteiger partial charge in [0.2, 0.25) is 5.91 Å². The van der Waals surface area contributed by atoms with Crippen LogP contribution in [0.4, 0.5) is 0 Å². The molecule has 5 atom stereocenters. The Morgan fingerprint density at radius 3 is 2.33 bits per heavy atom. The summed E-state index contributed by atoms with van der Waals surface area (Å²) in [5.41, 5.74) is 8.83. The molecule has 0 aliphatic heterocycles. The zero-order valence-corrected chi connectivity index (χ0v) is 24.5. The van der Waals surface area contributed by atoms with E-state index in [2.05, 4.69) is 58.9 Å². The van der Waals surface area contributed by atoms with E-state index >= 15 is 0 Å². The second kappa shape index (κ2) is 16.4. The van der Waals surface area contributed by atoms with Gasteiger partial charge in [-0.1, -0.05) is 67.0 Å². The molecule has 0 heterocycles. The first-order valence-corrected chi connectivity index (χ1v) is 13.4. The molecule has 0 unspecified atom stereocenters. The molecule has 208 valence electrons. The van der Waals surface area contributed by atoms with Gasteiger partial charge >= 0.3 is 0 Å². The molecule has 1 aliphatic carbocycles. The Hall–Kier alpha value is -1.43. The molecule has 1 aliphatic rings. The van der Waals surface area contributed by atoms with Crippen molar-refractivity contribution in [3.8, 4) is 0 Å². The average Bonchev–Trinajstić information content (AvgIpc) is 2.78. The molecule has 0 fully saturated rings. The van der Waals surface area contributed by atoms with E-state index in [1.807, 2.05) is 19.9 Å². The Kier molecular flexibility index (Phi) is 15.8. The maximum absolute atomic E-state index is 12.3. The van der Waals surface area contributed by atoms with Gasteiger partial charge in [0.1, 0.15) is 12.0 Å². The van der Waals surface area contributed by atoms with Gasteiger partial charge in [-0.25, -0.2) is 4.79 Å². The molecule has 1 rings (SSSR count). The first-order chi connectivity index (χ1) is 16.4. The summed E-state index contributed by atoms with van der Waals surface area (Å²) in [4.78, 5) is 24.3. The van der Waals surface area contributed by atoms with Crippen LogP contribution in [0.2, 0.25) is 0 Å². The zero-order chi connectivity index (χ0) is 26.8. The molecule has 6 nitrogen and oxygen atoms in total. The Balaban J connectivity index is 0.0000122. The van der Waals surface area contributed by atoms with Crippen molar-refractivity contribution >= 4 is 24.3 Å². The lowest BCUT2D eigenvalue weighted by molar-refractivity contribution is -0.125. The highest BCUT2D eigenvalue weighted by atomic mass is 35.5. The van der Waals surface area contributed by atoms with E-state index < -0.39 is 18.2 Å². The minimum atomic E-state index is -0.760. The lowest BCUT2D eigenvalue weighted by atomic mass is 9.74. The SMILES string of the molecule is CCCCNC(=O)[C@H](C)C[C@H](O)[C@@H](N)C[C@H](CC1=CC=C(C(C)(C)C)C(=C=O)[C@H]1OCC)C(C)C.Cl. The molecule has 0 aromatic rings. The Morgan fingerprint density at radius 2 is 1.83 bits per heavy atom. The molecule has 0 spiro atoms. The molecule has 0 bridgehead atoms. The van der Waals surface area contributed by atoms with E-state index in [0.717, 1.165) is 30.4 Å². The molecular formula is C29H51ClN2O4. The summed E-state index contributed by atoms with van der Waals surface area (Å²) < 4.78 is 6.04. The highest BCUT2D eigenvalue weighted by Crippen LogP contribution is 2.40. The van der Waals surface area contributed by atoms with Crippen LogP contribution in [0.3, 0.4) is 0 Å². The number of rotatable bonds is 14. The van der Waals surface area contributed by atoms with Gasteiger partial charge in [0.05, 0.1) is 11.7 Å². The van der Waals surface area contributed by atoms with Crippen LogP contribution in [-0.2, 0) is 14.3 Å². The van der Waals surface area contributed by atoms with Gasteiger partial charge in [-0.3, -0.25) is 4.79 Å². The van der Waals surface area contributed by atoms with Gasteiger partial charge in [0.25, 0.3) is 0 Å². The smallest absolute Gasteiger partial charge is 0.222 e. The van der Waals surface area contributed by atoms with Gasteiger partial charge in [-0.05, 0) is 61.0 Å². The van der Waals surface area contributed by atoms with Crippen molar-refractivity contribution in [2.45, 2.75) is 106 Å². The summed E-state index contributed by atoms with van der Waals surface area (Å²) >= 11 is 0. The van der Waals surface area contributed by atoms with Gasteiger partial charge in [0.15, 0.2) is 0 Å². The Bertz CT molecular complexity index is 794. The van der Waals surface area contributed by atoms with Crippen LogP contribution in [0, 0.1) is 23.2 Å². The largest absolute Gasteiger partial charge is 0.391 e. The number of amides is 1. The van der Waals surface area contributed by atoms with Gasteiger partial charge in [-0.2, -0.15) is 0 Å². The van der Waals surface area contributed by atoms with Gasteiger partial charge in [0, 0.05) is 25.1 Å². The second-order valence-electron chi connectivity index (χ2n) is 11.4. The molecule has 7 heteroatoms. The number of halogens is 1. The van der Waals surface area contributed by atoms with Gasteiger partial charge < -0.3 is 20.9 Å². The first-order valence-electron chi connectivity index (χ1n) is 13.4. The number of carbonyl (C=O) groups excluding carboxylic acids is 2. The van der Waals surface area contributed by atoms with Crippen LogP contribution in [0.1, 0.15) is 87.5 Å². The third-order valence-corrected chi connectivity index (χ3v) is 6.99. The third-order valence-electron chi connectivity index (χ3n) is 6.99. The first kappa shape index (κ1) is 34.6. The maximum atomic E-state index is 12.3. The molecule has 0 aromatic carbocycles. The number of nitrogens with one attached hydrogen (secondary N) is 1. The van der Waals surface area contributed by atoms with Crippen molar-refractivity contribution in [1.29, 1.82) is 0 Å². The minimum absolute atomic E-state index is 0. The highest BCUT2D eigenvalue weighted by molar-refractivity contribution is 5.85. The molecule has 0 radical (unpaired) electrons. The fourth-order valence-electron chi connectivity index (χ4n) is 4.60. The average molecular weight is 527 g/mol. The lowest BCUT2D eigenvalue weighted by Crippen LogP contribution is -2.41. The molecule has 1 amide bonds. The van der Waals surface area contributed by atoms with Gasteiger partial charge in [-0.15, -0.1) is 12.4 Å². The molecule has 0 saturated heterocycles. The number of allylic oxidation sites excluding steroid dienone is 2. The highest BCUT2D eigenvalue weighted by Gasteiger charge is 2.34. The number of unbranched alkanes of at least 4 members (excludes halogenated alkanes) is 1. The number of nitrogens with two attached hydrogens (primary N) is 1. The molecule has 4 N–H and O–H groups in total. The predicted molar refractivity (Wildman–Crippen MR) is 151 cm³/mol. The zero-order valence-electron chi connectivity index (χ0n) is 23.7. The van der Waals surface area contributed by atoms with Crippen LogP contribution in [0.25, 0.3) is 0 Å². The van der Waals surface area contributed by atoms with Crippen molar-refractivity contribution in [2.24, 2.45) is 28.9 Å². The van der Waals surface area contributed by atoms with E-state index in [1.54, 1.807) is 0 Å². The lowest BCUT2D eigenvalue weighted by Gasteiger charge is -2.35. The van der Waals surface area contributed by atoms with Crippen molar-refractivity contribution in [1.82, 2.24) is 5.32 Å². The number of hydrogen-bond acceptors (Lipinski definition) is 5. The van der Waals surface area contributed by atoms with Crippen LogP contribution in [0.15, 0.2) is 28.9 Å². The van der Waals surface area contributed by atoms with Crippen LogP contribution >= 0.6 is 12.4 Å². The van der Waals surface area contributed by atoms with Crippen LogP contribution < -0.4 is 11.1 Å². The Morgan fingerprint density at radius 1 is 1.19 bits per heavy atom. The van der Waals surface area contributed by atoms with E-state index in [4.69, 9.17) is 10.5 Å². The minimum Gasteiger partial charge on any atom is -0.391 e. The molecule has 0 aromatic heterocycles. The number of aliphatic hydroxyl groups is 1. The predicted octanol–water partition coefficient (Wildman–Crippen LogP) is 5.17. The summed E-state index contributed by atoms with van der Waals surface area (Å²) in [6, 6.07) is -0.440. The molecule has 36 heavy (non-hydrogen) atoms. The van der Waals surface area contributed by atoms with E-state index in [0.29, 0.717) is 37.5 Å². The number of carbonyl (C=O) groups is 1. The van der Waals surface area contributed by atoms with Crippen molar-refractivity contribution in [3.63, 3.8) is 0 Å². The summed E-state index contributed by atoms with van der Waals surface area (Å²) in [7, 11) is 0. The Labute approximate surface area is 225 Å². The fraction of sp³-hybridized carbons (Fsp3) is 0.759. The monoisotopic (exact) mass is 526 g/mol. The molecule has 0 saturated carbocycles. The summed E-state index contributed by atoms with van der Waals surface area (Å²) in [6.07, 6.45) is 6.58. The topological polar surface area (TPSA) is 102 Å².